The third-order valence-corrected chi connectivity index (χ3v) is 4.09. The van der Waals surface area contributed by atoms with Crippen molar-refractivity contribution in [2.24, 2.45) is 0 Å². The molecule has 0 atom stereocenters. The molecule has 5 heteroatoms. The highest BCUT2D eigenvalue weighted by molar-refractivity contribution is 9.11. The number of carbonyl (C=O) groups is 1. The topological polar surface area (TPSA) is 46.3 Å². The Morgan fingerprint density at radius 3 is 2.45 bits per heavy atom. The van der Waals surface area contributed by atoms with Crippen molar-refractivity contribution in [1.82, 2.24) is 4.90 Å². The Balaban J connectivity index is 2.16. The fourth-order valence-corrected chi connectivity index (χ4v) is 2.61. The van der Waals surface area contributed by atoms with E-state index < -0.39 is 0 Å². The minimum atomic E-state index is -0.0324. The highest BCUT2D eigenvalue weighted by atomic mass is 79.9. The fourth-order valence-electron chi connectivity index (χ4n) is 1.84. The van der Waals surface area contributed by atoms with Gasteiger partial charge in [-0.2, -0.15) is 0 Å². The standard InChI is InChI=1S/C15H14Br2N2O/c1-19(9-10-2-5-12(18)6-3-10)15(20)13-8-11(16)4-7-14(13)17/h2-8H,9,18H2,1H3. The molecule has 3 nitrogen and oxygen atoms in total. The minimum Gasteiger partial charge on any atom is -0.399 e. The summed E-state index contributed by atoms with van der Waals surface area (Å²) in [6, 6.07) is 13.1. The zero-order chi connectivity index (χ0) is 14.7. The van der Waals surface area contributed by atoms with E-state index in [1.807, 2.05) is 42.5 Å². The number of benzene rings is 2. The maximum absolute atomic E-state index is 12.4. The molecule has 2 aromatic carbocycles. The summed E-state index contributed by atoms with van der Waals surface area (Å²) in [5.41, 5.74) is 8.05. The first-order valence-electron chi connectivity index (χ1n) is 6.02. The van der Waals surface area contributed by atoms with Crippen molar-refractivity contribution in [3.8, 4) is 0 Å². The molecule has 0 saturated heterocycles. The van der Waals surface area contributed by atoms with Crippen LogP contribution in [0.15, 0.2) is 51.4 Å². The van der Waals surface area contributed by atoms with Crippen LogP contribution in [0.25, 0.3) is 0 Å². The second-order valence-corrected chi connectivity index (χ2v) is 6.30. The summed E-state index contributed by atoms with van der Waals surface area (Å²) in [7, 11) is 1.78. The molecule has 0 aromatic heterocycles. The Labute approximate surface area is 135 Å². The lowest BCUT2D eigenvalue weighted by Crippen LogP contribution is -2.26. The molecule has 2 N–H and O–H groups in total. The van der Waals surface area contributed by atoms with Gasteiger partial charge in [0.1, 0.15) is 0 Å². The molecule has 0 unspecified atom stereocenters. The molecule has 0 aliphatic carbocycles. The van der Waals surface area contributed by atoms with Gasteiger partial charge in [-0.05, 0) is 51.8 Å². The summed E-state index contributed by atoms with van der Waals surface area (Å²) in [6.07, 6.45) is 0. The maximum atomic E-state index is 12.4. The normalized spacial score (nSPS) is 10.3. The summed E-state index contributed by atoms with van der Waals surface area (Å²) >= 11 is 6.79. The van der Waals surface area contributed by atoms with Gasteiger partial charge >= 0.3 is 0 Å². The molecule has 104 valence electrons. The first-order valence-corrected chi connectivity index (χ1v) is 7.61. The van der Waals surface area contributed by atoms with E-state index in [4.69, 9.17) is 5.73 Å². The van der Waals surface area contributed by atoms with Crippen LogP contribution in [0.3, 0.4) is 0 Å². The molecule has 2 rings (SSSR count). The third-order valence-electron chi connectivity index (χ3n) is 2.90. The van der Waals surface area contributed by atoms with E-state index in [9.17, 15) is 4.79 Å². The molecule has 0 spiro atoms. The van der Waals surface area contributed by atoms with Gasteiger partial charge in [0, 0.05) is 28.2 Å². The van der Waals surface area contributed by atoms with Crippen molar-refractivity contribution < 1.29 is 4.79 Å². The molecule has 0 bridgehead atoms. The van der Waals surface area contributed by atoms with Crippen molar-refractivity contribution in [1.29, 1.82) is 0 Å². The number of nitrogens with two attached hydrogens (primary N) is 1. The van der Waals surface area contributed by atoms with Crippen LogP contribution in [-0.4, -0.2) is 17.9 Å². The van der Waals surface area contributed by atoms with Gasteiger partial charge in [-0.25, -0.2) is 0 Å². The van der Waals surface area contributed by atoms with Crippen LogP contribution < -0.4 is 5.73 Å². The lowest BCUT2D eigenvalue weighted by molar-refractivity contribution is 0.0784. The fraction of sp³-hybridized carbons (Fsp3) is 0.133. The molecule has 0 fully saturated rings. The van der Waals surface area contributed by atoms with Gasteiger partial charge in [0.15, 0.2) is 0 Å². The number of halogens is 2. The highest BCUT2D eigenvalue weighted by Gasteiger charge is 2.15. The van der Waals surface area contributed by atoms with Crippen molar-refractivity contribution in [2.75, 3.05) is 12.8 Å². The number of nitrogens with zero attached hydrogens (tertiary/aromatic N) is 1. The molecule has 2 aromatic rings. The number of carbonyl (C=O) groups excluding carboxylic acids is 1. The van der Waals surface area contributed by atoms with Crippen LogP contribution in [-0.2, 0) is 6.54 Å². The van der Waals surface area contributed by atoms with Crippen molar-refractivity contribution in [3.05, 3.63) is 62.5 Å². The molecule has 0 radical (unpaired) electrons. The van der Waals surface area contributed by atoms with Gasteiger partial charge in [0.25, 0.3) is 5.91 Å². The molecule has 0 saturated carbocycles. The monoisotopic (exact) mass is 396 g/mol. The van der Waals surface area contributed by atoms with E-state index in [1.165, 1.54) is 0 Å². The van der Waals surface area contributed by atoms with Gasteiger partial charge in [0.2, 0.25) is 0 Å². The highest BCUT2D eigenvalue weighted by Crippen LogP contribution is 2.23. The van der Waals surface area contributed by atoms with Crippen molar-refractivity contribution in [2.45, 2.75) is 6.54 Å². The summed E-state index contributed by atoms with van der Waals surface area (Å²) in [6.45, 7) is 0.540. The molecular weight excluding hydrogens is 384 g/mol. The maximum Gasteiger partial charge on any atom is 0.255 e. The van der Waals surface area contributed by atoms with Gasteiger partial charge < -0.3 is 10.6 Å². The van der Waals surface area contributed by atoms with Crippen LogP contribution >= 0.6 is 31.9 Å². The number of hydrogen-bond donors (Lipinski definition) is 1. The lowest BCUT2D eigenvalue weighted by atomic mass is 10.1. The number of amides is 1. The molecule has 0 aliphatic heterocycles. The van der Waals surface area contributed by atoms with Crippen LogP contribution in [0.2, 0.25) is 0 Å². The Bertz CT molecular complexity index is 626. The number of rotatable bonds is 3. The Hall–Kier alpha value is -1.33. The molecular formula is C15H14Br2N2O. The van der Waals surface area contributed by atoms with Crippen LogP contribution in [0.1, 0.15) is 15.9 Å². The number of hydrogen-bond acceptors (Lipinski definition) is 2. The van der Waals surface area contributed by atoms with Gasteiger partial charge in [0.05, 0.1) is 5.56 Å². The van der Waals surface area contributed by atoms with Crippen molar-refractivity contribution in [3.63, 3.8) is 0 Å². The van der Waals surface area contributed by atoms with Crippen molar-refractivity contribution >= 4 is 43.5 Å². The largest absolute Gasteiger partial charge is 0.399 e. The molecule has 0 heterocycles. The summed E-state index contributed by atoms with van der Waals surface area (Å²) in [4.78, 5) is 14.1. The van der Waals surface area contributed by atoms with Gasteiger partial charge in [-0.1, -0.05) is 28.1 Å². The van der Waals surface area contributed by atoms with E-state index >= 15 is 0 Å². The van der Waals surface area contributed by atoms with E-state index in [-0.39, 0.29) is 5.91 Å². The predicted molar refractivity (Wildman–Crippen MR) is 88.5 cm³/mol. The second kappa shape index (κ2) is 6.41. The zero-order valence-corrected chi connectivity index (χ0v) is 14.1. The first kappa shape index (κ1) is 15.1. The summed E-state index contributed by atoms with van der Waals surface area (Å²) < 4.78 is 1.67. The van der Waals surface area contributed by atoms with E-state index in [0.29, 0.717) is 12.1 Å². The third kappa shape index (κ3) is 3.61. The van der Waals surface area contributed by atoms with Crippen LogP contribution in [0, 0.1) is 0 Å². The average Bonchev–Trinajstić information content (AvgIpc) is 2.43. The average molecular weight is 398 g/mol. The van der Waals surface area contributed by atoms with Crippen LogP contribution in [0.4, 0.5) is 5.69 Å². The van der Waals surface area contributed by atoms with E-state index in [1.54, 1.807) is 11.9 Å². The SMILES string of the molecule is CN(Cc1ccc(N)cc1)C(=O)c1cc(Br)ccc1Br. The zero-order valence-electron chi connectivity index (χ0n) is 10.9. The molecule has 0 aliphatic rings. The Morgan fingerprint density at radius 2 is 1.80 bits per heavy atom. The first-order chi connectivity index (χ1) is 9.47. The van der Waals surface area contributed by atoms with Gasteiger partial charge in [-0.3, -0.25) is 4.79 Å². The quantitative estimate of drug-likeness (QED) is 0.793. The molecule has 1 amide bonds. The lowest BCUT2D eigenvalue weighted by Gasteiger charge is -2.18. The molecule has 20 heavy (non-hydrogen) atoms. The Morgan fingerprint density at radius 1 is 1.15 bits per heavy atom. The van der Waals surface area contributed by atoms with Crippen LogP contribution in [0.5, 0.6) is 0 Å². The number of nitrogen functional groups attached to an aromatic ring is 1. The predicted octanol–water partition coefficient (Wildman–Crippen LogP) is 4.07. The summed E-state index contributed by atoms with van der Waals surface area (Å²) in [5.74, 6) is -0.0324. The van der Waals surface area contributed by atoms with Gasteiger partial charge in [-0.15, -0.1) is 0 Å². The Kier molecular flexibility index (Phi) is 4.83. The van der Waals surface area contributed by atoms with E-state index in [0.717, 1.165) is 20.2 Å². The minimum absolute atomic E-state index is 0.0324. The smallest absolute Gasteiger partial charge is 0.255 e. The number of anilines is 1. The summed E-state index contributed by atoms with van der Waals surface area (Å²) in [5, 5.41) is 0. The second-order valence-electron chi connectivity index (χ2n) is 4.53. The van der Waals surface area contributed by atoms with E-state index in [2.05, 4.69) is 31.9 Å².